The zero-order chi connectivity index (χ0) is 13.8. The van der Waals surface area contributed by atoms with Crippen molar-refractivity contribution in [1.82, 2.24) is 10.2 Å². The van der Waals surface area contributed by atoms with Crippen LogP contribution in [0.25, 0.3) is 0 Å². The van der Waals surface area contributed by atoms with Crippen LogP contribution in [0.15, 0.2) is 0 Å². The van der Waals surface area contributed by atoms with Gasteiger partial charge in [0.15, 0.2) is 0 Å². The number of likely N-dealkylation sites (tertiary alicyclic amines) is 1. The van der Waals surface area contributed by atoms with Gasteiger partial charge in [-0.05, 0) is 51.6 Å². The van der Waals surface area contributed by atoms with Crippen molar-refractivity contribution < 1.29 is 9.47 Å². The van der Waals surface area contributed by atoms with Crippen molar-refractivity contribution in [3.8, 4) is 0 Å². The lowest BCUT2D eigenvalue weighted by Crippen LogP contribution is -2.55. The average Bonchev–Trinajstić information content (AvgIpc) is 2.49. The standard InChI is InChI=1S/C16H30N2O2/c1-2-17-14-4-3-8-18(13-14)15-5-9-20-16(12-15)6-10-19-11-7-16/h14-15,17H,2-13H2,1H3. The van der Waals surface area contributed by atoms with Crippen LogP contribution in [-0.2, 0) is 9.47 Å². The highest BCUT2D eigenvalue weighted by atomic mass is 16.5. The van der Waals surface area contributed by atoms with E-state index < -0.39 is 0 Å². The third-order valence-corrected chi connectivity index (χ3v) is 5.33. The van der Waals surface area contributed by atoms with Crippen molar-refractivity contribution in [2.24, 2.45) is 0 Å². The van der Waals surface area contributed by atoms with Crippen molar-refractivity contribution in [3.63, 3.8) is 0 Å². The Balaban J connectivity index is 1.58. The second-order valence-corrected chi connectivity index (χ2v) is 6.68. The molecule has 3 heterocycles. The molecule has 0 saturated carbocycles. The number of nitrogens with one attached hydrogen (secondary N) is 1. The summed E-state index contributed by atoms with van der Waals surface area (Å²) in [6.07, 6.45) is 7.29. The maximum absolute atomic E-state index is 6.18. The fourth-order valence-electron chi connectivity index (χ4n) is 4.20. The van der Waals surface area contributed by atoms with Gasteiger partial charge >= 0.3 is 0 Å². The third kappa shape index (κ3) is 3.35. The van der Waals surface area contributed by atoms with Gasteiger partial charge in [0, 0.05) is 38.4 Å². The highest BCUT2D eigenvalue weighted by Gasteiger charge is 2.41. The number of hydrogen-bond donors (Lipinski definition) is 1. The number of hydrogen-bond acceptors (Lipinski definition) is 4. The Kier molecular flexibility index (Phi) is 4.97. The van der Waals surface area contributed by atoms with Crippen LogP contribution in [0, 0.1) is 0 Å². The highest BCUT2D eigenvalue weighted by molar-refractivity contribution is 4.94. The first-order valence-electron chi connectivity index (χ1n) is 8.50. The van der Waals surface area contributed by atoms with Crippen molar-refractivity contribution >= 4 is 0 Å². The Morgan fingerprint density at radius 2 is 2.05 bits per heavy atom. The number of nitrogens with zero attached hydrogens (tertiary/aromatic N) is 1. The van der Waals surface area contributed by atoms with Gasteiger partial charge in [0.05, 0.1) is 5.60 Å². The number of ether oxygens (including phenoxy) is 2. The summed E-state index contributed by atoms with van der Waals surface area (Å²) in [6.45, 7) is 8.51. The Morgan fingerprint density at radius 3 is 2.85 bits per heavy atom. The van der Waals surface area contributed by atoms with Crippen molar-refractivity contribution in [1.29, 1.82) is 0 Å². The van der Waals surface area contributed by atoms with Crippen LogP contribution in [0.1, 0.15) is 45.4 Å². The molecule has 116 valence electrons. The molecule has 0 aromatic rings. The van der Waals surface area contributed by atoms with Gasteiger partial charge in [0.25, 0.3) is 0 Å². The zero-order valence-electron chi connectivity index (χ0n) is 12.9. The van der Waals surface area contributed by atoms with Gasteiger partial charge < -0.3 is 14.8 Å². The molecule has 0 bridgehead atoms. The fraction of sp³-hybridized carbons (Fsp3) is 1.00. The molecule has 0 aliphatic carbocycles. The number of likely N-dealkylation sites (N-methyl/N-ethyl adjacent to an activating group) is 1. The van der Waals surface area contributed by atoms with Gasteiger partial charge in [-0.2, -0.15) is 0 Å². The Hall–Kier alpha value is -0.160. The van der Waals surface area contributed by atoms with Gasteiger partial charge in [-0.3, -0.25) is 4.90 Å². The zero-order valence-corrected chi connectivity index (χ0v) is 12.9. The average molecular weight is 282 g/mol. The summed E-state index contributed by atoms with van der Waals surface area (Å²) < 4.78 is 11.7. The lowest BCUT2D eigenvalue weighted by atomic mass is 9.83. The van der Waals surface area contributed by atoms with Crippen molar-refractivity contribution in [3.05, 3.63) is 0 Å². The van der Waals surface area contributed by atoms with Crippen LogP contribution in [0.4, 0.5) is 0 Å². The summed E-state index contributed by atoms with van der Waals surface area (Å²) in [7, 11) is 0. The SMILES string of the molecule is CCNC1CCCN(C2CCOC3(CCOCC3)C2)C1. The first-order valence-corrected chi connectivity index (χ1v) is 8.50. The minimum Gasteiger partial charge on any atom is -0.381 e. The van der Waals surface area contributed by atoms with Crippen LogP contribution in [0.2, 0.25) is 0 Å². The molecular weight excluding hydrogens is 252 g/mol. The molecular formula is C16H30N2O2. The van der Waals surface area contributed by atoms with E-state index in [4.69, 9.17) is 9.47 Å². The molecule has 0 aromatic carbocycles. The predicted octanol–water partition coefficient (Wildman–Crippen LogP) is 1.79. The molecule has 4 nitrogen and oxygen atoms in total. The van der Waals surface area contributed by atoms with Crippen LogP contribution in [0.3, 0.4) is 0 Å². The second kappa shape index (κ2) is 6.73. The first-order chi connectivity index (χ1) is 9.81. The maximum atomic E-state index is 6.18. The topological polar surface area (TPSA) is 33.7 Å². The van der Waals surface area contributed by atoms with E-state index in [2.05, 4.69) is 17.1 Å². The predicted molar refractivity (Wildman–Crippen MR) is 80.0 cm³/mol. The monoisotopic (exact) mass is 282 g/mol. The highest BCUT2D eigenvalue weighted by Crippen LogP contribution is 2.36. The molecule has 2 atom stereocenters. The Bertz CT molecular complexity index is 297. The van der Waals surface area contributed by atoms with Crippen LogP contribution in [-0.4, -0.2) is 62.0 Å². The van der Waals surface area contributed by atoms with Crippen LogP contribution in [0.5, 0.6) is 0 Å². The molecule has 3 aliphatic rings. The summed E-state index contributed by atoms with van der Waals surface area (Å²) in [6, 6.07) is 1.42. The molecule has 2 unspecified atom stereocenters. The van der Waals surface area contributed by atoms with E-state index >= 15 is 0 Å². The molecule has 4 heteroatoms. The number of piperidine rings is 1. The summed E-state index contributed by atoms with van der Waals surface area (Å²) in [4.78, 5) is 2.73. The number of rotatable bonds is 3. The summed E-state index contributed by atoms with van der Waals surface area (Å²) in [5, 5.41) is 3.63. The first kappa shape index (κ1) is 14.8. The van der Waals surface area contributed by atoms with Crippen molar-refractivity contribution in [2.75, 3.05) is 39.5 Å². The van der Waals surface area contributed by atoms with Gasteiger partial charge in [-0.15, -0.1) is 0 Å². The summed E-state index contributed by atoms with van der Waals surface area (Å²) in [5.41, 5.74) is 0.131. The van der Waals surface area contributed by atoms with E-state index in [0.717, 1.165) is 45.2 Å². The second-order valence-electron chi connectivity index (χ2n) is 6.68. The van der Waals surface area contributed by atoms with Gasteiger partial charge in [0.1, 0.15) is 0 Å². The van der Waals surface area contributed by atoms with Gasteiger partial charge in [0.2, 0.25) is 0 Å². The molecule has 3 saturated heterocycles. The molecule has 1 spiro atoms. The lowest BCUT2D eigenvalue weighted by Gasteiger charge is -2.48. The minimum absolute atomic E-state index is 0.131. The smallest absolute Gasteiger partial charge is 0.0741 e. The van der Waals surface area contributed by atoms with E-state index in [-0.39, 0.29) is 5.60 Å². The normalized spacial score (nSPS) is 35.2. The molecule has 0 aromatic heterocycles. The molecule has 0 radical (unpaired) electrons. The summed E-state index contributed by atoms with van der Waals surface area (Å²) in [5.74, 6) is 0. The minimum atomic E-state index is 0.131. The fourth-order valence-corrected chi connectivity index (χ4v) is 4.20. The van der Waals surface area contributed by atoms with E-state index in [1.165, 1.54) is 38.8 Å². The molecule has 20 heavy (non-hydrogen) atoms. The van der Waals surface area contributed by atoms with E-state index in [1.54, 1.807) is 0 Å². The molecule has 3 rings (SSSR count). The van der Waals surface area contributed by atoms with E-state index in [0.29, 0.717) is 6.04 Å². The summed E-state index contributed by atoms with van der Waals surface area (Å²) >= 11 is 0. The maximum Gasteiger partial charge on any atom is 0.0741 e. The Morgan fingerprint density at radius 1 is 1.20 bits per heavy atom. The van der Waals surface area contributed by atoms with Gasteiger partial charge in [-0.1, -0.05) is 6.92 Å². The van der Waals surface area contributed by atoms with Crippen LogP contribution < -0.4 is 5.32 Å². The van der Waals surface area contributed by atoms with Crippen LogP contribution >= 0.6 is 0 Å². The third-order valence-electron chi connectivity index (χ3n) is 5.33. The molecule has 1 N–H and O–H groups in total. The van der Waals surface area contributed by atoms with E-state index in [9.17, 15) is 0 Å². The van der Waals surface area contributed by atoms with E-state index in [1.807, 2.05) is 0 Å². The van der Waals surface area contributed by atoms with Gasteiger partial charge in [-0.25, -0.2) is 0 Å². The largest absolute Gasteiger partial charge is 0.381 e. The Labute approximate surface area is 123 Å². The lowest BCUT2D eigenvalue weighted by molar-refractivity contribution is -0.152. The van der Waals surface area contributed by atoms with Crippen molar-refractivity contribution in [2.45, 2.75) is 63.1 Å². The molecule has 3 aliphatic heterocycles. The quantitative estimate of drug-likeness (QED) is 0.856. The molecule has 0 amide bonds. The molecule has 3 fully saturated rings.